The molecule has 0 N–H and O–H groups in total. The first kappa shape index (κ1) is 18.0. The highest BCUT2D eigenvalue weighted by Gasteiger charge is 2.25. The molecule has 0 amide bonds. The molecule has 2 aliphatic rings. The first-order chi connectivity index (χ1) is 10.3. The fourth-order valence-electron chi connectivity index (χ4n) is 3.22. The van der Waals surface area contributed by atoms with Gasteiger partial charge in [-0.3, -0.25) is 4.99 Å². The molecule has 2 nitrogen and oxygen atoms in total. The lowest BCUT2D eigenvalue weighted by Crippen LogP contribution is -2.43. The third-order valence-electron chi connectivity index (χ3n) is 4.38. The summed E-state index contributed by atoms with van der Waals surface area (Å²) in [5.41, 5.74) is 1.21. The molecule has 1 aliphatic carbocycles. The van der Waals surface area contributed by atoms with Gasteiger partial charge in [-0.1, -0.05) is 60.8 Å². The maximum Gasteiger partial charge on any atom is 0.159 e. The average molecular weight is 359 g/mol. The van der Waals surface area contributed by atoms with Crippen LogP contribution >= 0.6 is 35.8 Å². The maximum absolute atomic E-state index is 6.26. The van der Waals surface area contributed by atoms with Gasteiger partial charge in [0.25, 0.3) is 0 Å². The number of thioether (sulfide) groups is 1. The SMILES string of the molecule is Cl.Clc1ccccc1CSC1=NCCCN1C1CCCCC1. The first-order valence-electron chi connectivity index (χ1n) is 8.02. The van der Waals surface area contributed by atoms with E-state index in [9.17, 15) is 0 Å². The van der Waals surface area contributed by atoms with Crippen LogP contribution in [-0.4, -0.2) is 29.2 Å². The summed E-state index contributed by atoms with van der Waals surface area (Å²) in [6, 6.07) is 8.85. The Morgan fingerprint density at radius 3 is 2.68 bits per heavy atom. The quantitative estimate of drug-likeness (QED) is 0.719. The van der Waals surface area contributed by atoms with Crippen LogP contribution in [0.5, 0.6) is 0 Å². The van der Waals surface area contributed by atoms with Gasteiger partial charge < -0.3 is 4.90 Å². The lowest BCUT2D eigenvalue weighted by atomic mass is 9.94. The Morgan fingerprint density at radius 2 is 1.91 bits per heavy atom. The third kappa shape index (κ3) is 4.56. The van der Waals surface area contributed by atoms with Crippen LogP contribution in [0.25, 0.3) is 0 Å². The third-order valence-corrected chi connectivity index (χ3v) is 5.83. The number of aliphatic imine (C=N–C) groups is 1. The number of nitrogens with zero attached hydrogens (tertiary/aromatic N) is 2. The highest BCUT2D eigenvalue weighted by atomic mass is 35.5. The average Bonchev–Trinajstić information content (AvgIpc) is 2.55. The van der Waals surface area contributed by atoms with Crippen molar-refractivity contribution < 1.29 is 0 Å². The topological polar surface area (TPSA) is 15.6 Å². The second-order valence-corrected chi connectivity index (χ2v) is 7.23. The van der Waals surface area contributed by atoms with Gasteiger partial charge in [-0.25, -0.2) is 0 Å². The summed E-state index contributed by atoms with van der Waals surface area (Å²) in [7, 11) is 0. The van der Waals surface area contributed by atoms with Crippen LogP contribution < -0.4 is 0 Å². The number of benzene rings is 1. The van der Waals surface area contributed by atoms with Crippen LogP contribution in [-0.2, 0) is 5.75 Å². The molecule has 1 heterocycles. The van der Waals surface area contributed by atoms with Crippen LogP contribution in [0.2, 0.25) is 5.02 Å². The molecule has 0 atom stereocenters. The van der Waals surface area contributed by atoms with Crippen molar-refractivity contribution in [2.75, 3.05) is 13.1 Å². The van der Waals surface area contributed by atoms with E-state index in [0.717, 1.165) is 23.4 Å². The lowest BCUT2D eigenvalue weighted by Gasteiger charge is -2.38. The van der Waals surface area contributed by atoms with E-state index >= 15 is 0 Å². The van der Waals surface area contributed by atoms with Gasteiger partial charge in [0.2, 0.25) is 0 Å². The normalized spacial score (nSPS) is 19.5. The van der Waals surface area contributed by atoms with Crippen molar-refractivity contribution in [3.05, 3.63) is 34.9 Å². The zero-order chi connectivity index (χ0) is 14.5. The van der Waals surface area contributed by atoms with Crippen molar-refractivity contribution in [3.8, 4) is 0 Å². The van der Waals surface area contributed by atoms with Gasteiger partial charge in [0.1, 0.15) is 0 Å². The van der Waals surface area contributed by atoms with Crippen LogP contribution in [0.4, 0.5) is 0 Å². The van der Waals surface area contributed by atoms with E-state index < -0.39 is 0 Å². The second kappa shape index (κ2) is 9.05. The van der Waals surface area contributed by atoms with Gasteiger partial charge in [-0.2, -0.15) is 0 Å². The summed E-state index contributed by atoms with van der Waals surface area (Å²) in [5, 5.41) is 2.11. The Balaban J connectivity index is 0.00000176. The smallest absolute Gasteiger partial charge is 0.159 e. The summed E-state index contributed by atoms with van der Waals surface area (Å²) in [5.74, 6) is 0.918. The molecule has 0 spiro atoms. The molecule has 3 rings (SSSR count). The van der Waals surface area contributed by atoms with Gasteiger partial charge in [0, 0.05) is 29.9 Å². The largest absolute Gasteiger partial charge is 0.348 e. The fourth-order valence-corrected chi connectivity index (χ4v) is 4.63. The zero-order valence-corrected chi connectivity index (χ0v) is 15.2. The highest BCUT2D eigenvalue weighted by molar-refractivity contribution is 8.13. The van der Waals surface area contributed by atoms with E-state index in [1.165, 1.54) is 55.8 Å². The molecule has 1 aromatic carbocycles. The van der Waals surface area contributed by atoms with E-state index in [0.29, 0.717) is 0 Å². The van der Waals surface area contributed by atoms with Crippen molar-refractivity contribution in [1.82, 2.24) is 4.90 Å². The molecular formula is C17H24Cl2N2S. The molecule has 122 valence electrons. The highest BCUT2D eigenvalue weighted by Crippen LogP contribution is 2.29. The van der Waals surface area contributed by atoms with E-state index in [-0.39, 0.29) is 12.4 Å². The molecule has 5 heteroatoms. The van der Waals surface area contributed by atoms with Gasteiger partial charge >= 0.3 is 0 Å². The molecule has 0 bridgehead atoms. The summed E-state index contributed by atoms with van der Waals surface area (Å²) in [6.07, 6.45) is 8.04. The monoisotopic (exact) mass is 358 g/mol. The summed E-state index contributed by atoms with van der Waals surface area (Å²) in [6.45, 7) is 2.16. The van der Waals surface area contributed by atoms with Crippen LogP contribution in [0.15, 0.2) is 29.3 Å². The molecule has 1 saturated carbocycles. The van der Waals surface area contributed by atoms with Crippen molar-refractivity contribution in [2.24, 2.45) is 4.99 Å². The van der Waals surface area contributed by atoms with Crippen LogP contribution in [0, 0.1) is 0 Å². The molecule has 1 aliphatic heterocycles. The summed E-state index contributed by atoms with van der Waals surface area (Å²) >= 11 is 8.12. The Labute approximate surface area is 149 Å². The minimum Gasteiger partial charge on any atom is -0.348 e. The summed E-state index contributed by atoms with van der Waals surface area (Å²) < 4.78 is 0. The molecule has 1 fully saturated rings. The number of halogens is 2. The van der Waals surface area contributed by atoms with Gasteiger partial charge in [-0.15, -0.1) is 12.4 Å². The van der Waals surface area contributed by atoms with Crippen molar-refractivity contribution >= 4 is 40.9 Å². The molecular weight excluding hydrogens is 335 g/mol. The van der Waals surface area contributed by atoms with E-state index in [4.69, 9.17) is 16.6 Å². The Hall–Kier alpha value is -0.380. The molecule has 0 aromatic heterocycles. The van der Waals surface area contributed by atoms with E-state index in [2.05, 4.69) is 17.0 Å². The maximum atomic E-state index is 6.26. The molecule has 0 saturated heterocycles. The molecule has 0 unspecified atom stereocenters. The predicted molar refractivity (Wildman–Crippen MR) is 100 cm³/mol. The van der Waals surface area contributed by atoms with Gasteiger partial charge in [0.05, 0.1) is 0 Å². The standard InChI is InChI=1S/C17H23ClN2S.ClH/c18-16-10-5-4-7-14(16)13-21-17-19-11-6-12-20(17)15-8-2-1-3-9-15;/h4-5,7,10,15H,1-3,6,8-9,11-13H2;1H. The number of rotatable bonds is 3. The zero-order valence-electron chi connectivity index (χ0n) is 12.8. The first-order valence-corrected chi connectivity index (χ1v) is 9.38. The van der Waals surface area contributed by atoms with Crippen LogP contribution in [0.1, 0.15) is 44.1 Å². The van der Waals surface area contributed by atoms with E-state index in [1.54, 1.807) is 0 Å². The minimum atomic E-state index is 0. The number of hydrogen-bond acceptors (Lipinski definition) is 3. The molecule has 0 radical (unpaired) electrons. The molecule has 1 aromatic rings. The Morgan fingerprint density at radius 1 is 1.14 bits per heavy atom. The lowest BCUT2D eigenvalue weighted by molar-refractivity contribution is 0.239. The predicted octanol–water partition coefficient (Wildman–Crippen LogP) is 5.39. The van der Waals surface area contributed by atoms with Crippen molar-refractivity contribution in [3.63, 3.8) is 0 Å². The second-order valence-electron chi connectivity index (χ2n) is 5.88. The van der Waals surface area contributed by atoms with Crippen molar-refractivity contribution in [2.45, 2.75) is 50.3 Å². The number of hydrogen-bond donors (Lipinski definition) is 0. The van der Waals surface area contributed by atoms with Gasteiger partial charge in [-0.05, 0) is 30.9 Å². The number of amidine groups is 1. The minimum absolute atomic E-state index is 0. The summed E-state index contributed by atoms with van der Waals surface area (Å²) in [4.78, 5) is 7.37. The van der Waals surface area contributed by atoms with Gasteiger partial charge in [0.15, 0.2) is 5.17 Å². The Bertz CT molecular complexity index is 501. The fraction of sp³-hybridized carbons (Fsp3) is 0.588. The van der Waals surface area contributed by atoms with Crippen molar-refractivity contribution in [1.29, 1.82) is 0 Å². The van der Waals surface area contributed by atoms with Crippen LogP contribution in [0.3, 0.4) is 0 Å². The van der Waals surface area contributed by atoms with E-state index in [1.807, 2.05) is 23.9 Å². The Kier molecular flexibility index (Phi) is 7.39. The molecule has 22 heavy (non-hydrogen) atoms.